The second kappa shape index (κ2) is 6.91. The van der Waals surface area contributed by atoms with Gasteiger partial charge in [-0.25, -0.2) is 0 Å². The Hall–Kier alpha value is -1.22. The minimum atomic E-state index is -0.0646. The third kappa shape index (κ3) is 3.57. The first-order valence-electron chi connectivity index (χ1n) is 8.18. The van der Waals surface area contributed by atoms with Crippen molar-refractivity contribution in [1.29, 1.82) is 0 Å². The summed E-state index contributed by atoms with van der Waals surface area (Å²) in [5, 5.41) is 3.93. The van der Waals surface area contributed by atoms with E-state index in [1.807, 2.05) is 12.1 Å². The van der Waals surface area contributed by atoms with Crippen LogP contribution in [0.1, 0.15) is 49.9 Å². The number of halogens is 1. The molecule has 4 heteroatoms. The van der Waals surface area contributed by atoms with Crippen molar-refractivity contribution in [3.8, 4) is 0 Å². The molecule has 3 nitrogen and oxygen atoms in total. The van der Waals surface area contributed by atoms with Crippen LogP contribution in [0.15, 0.2) is 18.2 Å². The number of hydrogen-bond acceptors (Lipinski definition) is 2. The number of amides is 1. The maximum atomic E-state index is 11.9. The molecule has 1 amide bonds. The lowest BCUT2D eigenvalue weighted by Crippen LogP contribution is -2.22. The first-order chi connectivity index (χ1) is 10.4. The van der Waals surface area contributed by atoms with Crippen LogP contribution in [0.5, 0.6) is 0 Å². The van der Waals surface area contributed by atoms with Crippen LogP contribution < -0.4 is 5.32 Å². The summed E-state index contributed by atoms with van der Waals surface area (Å²) >= 11 is 6.22. The highest BCUT2D eigenvalue weighted by Gasteiger charge is 2.49. The Balaban J connectivity index is 1.87. The highest BCUT2D eigenvalue weighted by atomic mass is 35.5. The molecular weight excluding hydrogens is 296 g/mol. The average Bonchev–Trinajstić information content (AvgIpc) is 3.21. The van der Waals surface area contributed by atoms with Gasteiger partial charge in [0.2, 0.25) is 0 Å². The number of benzene rings is 1. The van der Waals surface area contributed by atoms with Gasteiger partial charge in [-0.1, -0.05) is 38.3 Å². The Bertz CT molecular complexity index is 538. The fourth-order valence-electron chi connectivity index (χ4n) is 3.39. The van der Waals surface area contributed by atoms with Crippen molar-refractivity contribution >= 4 is 23.2 Å². The summed E-state index contributed by atoms with van der Waals surface area (Å²) < 4.78 is 0. The molecule has 122 valence electrons. The van der Waals surface area contributed by atoms with Crippen molar-refractivity contribution in [2.75, 3.05) is 26.0 Å². The van der Waals surface area contributed by atoms with Crippen molar-refractivity contribution in [1.82, 2.24) is 4.90 Å². The van der Waals surface area contributed by atoms with E-state index in [1.165, 1.54) is 30.6 Å². The number of nitrogens with one attached hydrogen (secondary N) is 1. The van der Waals surface area contributed by atoms with Gasteiger partial charge in [-0.15, -0.1) is 0 Å². The molecule has 1 aliphatic carbocycles. The van der Waals surface area contributed by atoms with E-state index in [4.69, 9.17) is 11.6 Å². The highest BCUT2D eigenvalue weighted by molar-refractivity contribution is 6.34. The van der Waals surface area contributed by atoms with Gasteiger partial charge in [0, 0.05) is 26.3 Å². The van der Waals surface area contributed by atoms with E-state index in [-0.39, 0.29) is 5.91 Å². The summed E-state index contributed by atoms with van der Waals surface area (Å²) in [5.41, 5.74) is 2.15. The Morgan fingerprint density at radius 1 is 1.36 bits per heavy atom. The first-order valence-corrected chi connectivity index (χ1v) is 8.56. The maximum Gasteiger partial charge on any atom is 0.254 e. The molecule has 1 aromatic carbocycles. The second-order valence-electron chi connectivity index (χ2n) is 6.58. The van der Waals surface area contributed by atoms with Crippen molar-refractivity contribution in [3.05, 3.63) is 28.8 Å². The second-order valence-corrected chi connectivity index (χ2v) is 6.99. The summed E-state index contributed by atoms with van der Waals surface area (Å²) in [7, 11) is 3.46. The van der Waals surface area contributed by atoms with Crippen molar-refractivity contribution in [2.24, 2.45) is 11.3 Å². The predicted octanol–water partition coefficient (Wildman–Crippen LogP) is 4.67. The zero-order chi connectivity index (χ0) is 16.3. The van der Waals surface area contributed by atoms with Gasteiger partial charge >= 0.3 is 0 Å². The normalized spacial score (nSPS) is 18.9. The minimum absolute atomic E-state index is 0.0646. The number of anilines is 1. The van der Waals surface area contributed by atoms with Gasteiger partial charge < -0.3 is 10.2 Å². The predicted molar refractivity (Wildman–Crippen MR) is 93.7 cm³/mol. The van der Waals surface area contributed by atoms with E-state index in [9.17, 15) is 4.79 Å². The molecule has 0 saturated heterocycles. The zero-order valence-corrected chi connectivity index (χ0v) is 14.8. The molecular formula is C18H27ClN2O. The Morgan fingerprint density at radius 3 is 2.55 bits per heavy atom. The molecule has 1 aliphatic rings. The molecule has 1 fully saturated rings. The van der Waals surface area contributed by atoms with Gasteiger partial charge in [0.05, 0.1) is 10.6 Å². The van der Waals surface area contributed by atoms with Crippen LogP contribution in [-0.4, -0.2) is 31.4 Å². The third-order valence-corrected chi connectivity index (χ3v) is 5.51. The third-order valence-electron chi connectivity index (χ3n) is 5.19. The summed E-state index contributed by atoms with van der Waals surface area (Å²) in [6.45, 7) is 5.57. The van der Waals surface area contributed by atoms with Crippen molar-refractivity contribution in [3.63, 3.8) is 0 Å². The number of hydrogen-bond donors (Lipinski definition) is 1. The molecule has 1 unspecified atom stereocenters. The summed E-state index contributed by atoms with van der Waals surface area (Å²) in [5.74, 6) is 0.797. The van der Waals surface area contributed by atoms with Gasteiger partial charge in [0.15, 0.2) is 0 Å². The lowest BCUT2D eigenvalue weighted by molar-refractivity contribution is 0.0828. The van der Waals surface area contributed by atoms with Gasteiger partial charge in [-0.3, -0.25) is 4.79 Å². The van der Waals surface area contributed by atoms with Crippen LogP contribution in [-0.2, 0) is 0 Å². The first kappa shape index (κ1) is 17.1. The minimum Gasteiger partial charge on any atom is -0.385 e. The number of rotatable bonds is 7. The van der Waals surface area contributed by atoms with Crippen LogP contribution >= 0.6 is 11.6 Å². The molecule has 1 saturated carbocycles. The van der Waals surface area contributed by atoms with Gasteiger partial charge in [0.1, 0.15) is 0 Å². The maximum absolute atomic E-state index is 11.9. The van der Waals surface area contributed by atoms with Crippen molar-refractivity contribution in [2.45, 2.75) is 39.5 Å². The van der Waals surface area contributed by atoms with E-state index in [0.717, 1.165) is 18.2 Å². The monoisotopic (exact) mass is 322 g/mol. The van der Waals surface area contributed by atoms with Crippen LogP contribution in [0, 0.1) is 11.3 Å². The molecule has 0 spiro atoms. The molecule has 1 N–H and O–H groups in total. The quantitative estimate of drug-likeness (QED) is 0.791. The van der Waals surface area contributed by atoms with E-state index in [1.54, 1.807) is 20.2 Å². The van der Waals surface area contributed by atoms with Crippen LogP contribution in [0.25, 0.3) is 0 Å². The number of nitrogens with zero attached hydrogens (tertiary/aromatic N) is 1. The summed E-state index contributed by atoms with van der Waals surface area (Å²) in [6, 6.07) is 5.58. The molecule has 1 atom stereocenters. The standard InChI is InChI=1S/C18H27ClN2O/c1-5-18(6-2)12-13(18)9-10-20-14-7-8-15(16(19)11-14)17(22)21(3)4/h7-8,11,13,20H,5-6,9-10,12H2,1-4H3. The fraction of sp³-hybridized carbons (Fsp3) is 0.611. The summed E-state index contributed by atoms with van der Waals surface area (Å²) in [4.78, 5) is 13.5. The SMILES string of the molecule is CCC1(CC)CC1CCNc1ccc(C(=O)N(C)C)c(Cl)c1. The van der Waals surface area contributed by atoms with E-state index in [0.29, 0.717) is 16.0 Å². The number of carbonyl (C=O) groups is 1. The molecule has 0 bridgehead atoms. The molecule has 22 heavy (non-hydrogen) atoms. The van der Waals surface area contributed by atoms with Gasteiger partial charge in [-0.2, -0.15) is 0 Å². The lowest BCUT2D eigenvalue weighted by atomic mass is 9.96. The van der Waals surface area contributed by atoms with E-state index < -0.39 is 0 Å². The molecule has 0 aliphatic heterocycles. The fourth-order valence-corrected chi connectivity index (χ4v) is 3.65. The van der Waals surface area contributed by atoms with E-state index >= 15 is 0 Å². The molecule has 0 heterocycles. The van der Waals surface area contributed by atoms with Gasteiger partial charge in [0.25, 0.3) is 5.91 Å². The van der Waals surface area contributed by atoms with Crippen LogP contribution in [0.2, 0.25) is 5.02 Å². The smallest absolute Gasteiger partial charge is 0.254 e. The van der Waals surface area contributed by atoms with Gasteiger partial charge in [-0.05, 0) is 42.4 Å². The molecule has 0 aromatic heterocycles. The van der Waals surface area contributed by atoms with Crippen LogP contribution in [0.4, 0.5) is 5.69 Å². The lowest BCUT2D eigenvalue weighted by Gasteiger charge is -2.14. The highest BCUT2D eigenvalue weighted by Crippen LogP contribution is 2.59. The topological polar surface area (TPSA) is 32.3 Å². The summed E-state index contributed by atoms with van der Waals surface area (Å²) in [6.07, 6.45) is 5.17. The zero-order valence-electron chi connectivity index (χ0n) is 14.1. The largest absolute Gasteiger partial charge is 0.385 e. The molecule has 0 radical (unpaired) electrons. The number of carbonyl (C=O) groups excluding carboxylic acids is 1. The Morgan fingerprint density at radius 2 is 2.05 bits per heavy atom. The van der Waals surface area contributed by atoms with Crippen molar-refractivity contribution < 1.29 is 4.79 Å². The molecule has 2 rings (SSSR count). The van der Waals surface area contributed by atoms with Crippen LogP contribution in [0.3, 0.4) is 0 Å². The Labute approximate surface area is 139 Å². The Kier molecular flexibility index (Phi) is 5.38. The van der Waals surface area contributed by atoms with E-state index in [2.05, 4.69) is 19.2 Å². The molecule has 1 aromatic rings. The average molecular weight is 323 g/mol.